The first-order valence-corrected chi connectivity index (χ1v) is 9.66. The molecule has 1 nitrogen and oxygen atoms in total. The Bertz CT molecular complexity index is 610. The molecule has 1 heteroatoms. The van der Waals surface area contributed by atoms with Crippen molar-refractivity contribution in [2.24, 2.45) is 5.92 Å². The second kappa shape index (κ2) is 10.8. The molecule has 2 rings (SSSR count). The van der Waals surface area contributed by atoms with Gasteiger partial charge >= 0.3 is 0 Å². The first kappa shape index (κ1) is 19.3. The van der Waals surface area contributed by atoms with Gasteiger partial charge in [0.1, 0.15) is 12.4 Å². The number of aryl methyl sites for hydroxylation is 1. The van der Waals surface area contributed by atoms with Crippen molar-refractivity contribution >= 4 is 0 Å². The van der Waals surface area contributed by atoms with Crippen LogP contribution >= 0.6 is 0 Å². The maximum absolute atomic E-state index is 5.53. The van der Waals surface area contributed by atoms with Gasteiger partial charge in [0, 0.05) is 0 Å². The van der Waals surface area contributed by atoms with Gasteiger partial charge in [0.2, 0.25) is 0 Å². The monoisotopic (exact) mass is 336 g/mol. The van der Waals surface area contributed by atoms with Crippen molar-refractivity contribution in [3.8, 4) is 16.9 Å². The maximum atomic E-state index is 5.53. The van der Waals surface area contributed by atoms with Gasteiger partial charge in [-0.15, -0.1) is 0 Å². The second-order valence-electron chi connectivity index (χ2n) is 6.93. The molecule has 0 saturated heterocycles. The molecule has 25 heavy (non-hydrogen) atoms. The third-order valence-corrected chi connectivity index (χ3v) is 4.87. The van der Waals surface area contributed by atoms with E-state index < -0.39 is 0 Å². The third-order valence-electron chi connectivity index (χ3n) is 4.87. The molecule has 0 heterocycles. The van der Waals surface area contributed by atoms with Crippen molar-refractivity contribution in [3.05, 3.63) is 66.7 Å². The first-order chi connectivity index (χ1) is 12.2. The molecule has 0 fully saturated rings. The van der Waals surface area contributed by atoms with E-state index in [0.717, 1.165) is 11.7 Å². The summed E-state index contributed by atoms with van der Waals surface area (Å²) in [4.78, 5) is 0. The van der Waals surface area contributed by atoms with Crippen LogP contribution in [0.25, 0.3) is 11.1 Å². The average Bonchev–Trinajstić information content (AvgIpc) is 2.67. The maximum Gasteiger partial charge on any atom is 0.119 e. The lowest BCUT2D eigenvalue weighted by Crippen LogP contribution is -1.93. The van der Waals surface area contributed by atoms with Crippen LogP contribution in [0.4, 0.5) is 0 Å². The van der Waals surface area contributed by atoms with Gasteiger partial charge in [-0.1, -0.05) is 88.6 Å². The van der Waals surface area contributed by atoms with Gasteiger partial charge in [-0.25, -0.2) is 0 Å². The predicted octanol–water partition coefficient (Wildman–Crippen LogP) is 7.07. The van der Waals surface area contributed by atoms with E-state index >= 15 is 0 Å². The zero-order valence-corrected chi connectivity index (χ0v) is 15.8. The molecule has 0 saturated carbocycles. The molecule has 0 spiro atoms. The van der Waals surface area contributed by atoms with Crippen LogP contribution in [-0.2, 0) is 6.42 Å². The number of hydrogen-bond donors (Lipinski definition) is 0. The van der Waals surface area contributed by atoms with Crippen LogP contribution in [-0.4, -0.2) is 6.61 Å². The van der Waals surface area contributed by atoms with Crippen LogP contribution in [0.2, 0.25) is 0 Å². The van der Waals surface area contributed by atoms with Crippen molar-refractivity contribution in [2.75, 3.05) is 6.61 Å². The van der Waals surface area contributed by atoms with Crippen LogP contribution < -0.4 is 4.74 Å². The Kier molecular flexibility index (Phi) is 8.31. The lowest BCUT2D eigenvalue weighted by molar-refractivity contribution is 0.363. The molecule has 0 aromatic heterocycles. The Morgan fingerprint density at radius 3 is 2.16 bits per heavy atom. The topological polar surface area (TPSA) is 9.23 Å². The van der Waals surface area contributed by atoms with Gasteiger partial charge in [-0.05, 0) is 47.6 Å². The molecule has 0 radical (unpaired) electrons. The highest BCUT2D eigenvalue weighted by Gasteiger charge is 2.01. The van der Waals surface area contributed by atoms with E-state index in [4.69, 9.17) is 4.74 Å². The van der Waals surface area contributed by atoms with Crippen molar-refractivity contribution < 1.29 is 4.74 Å². The molecular formula is C24H32O. The molecule has 2 aromatic carbocycles. The van der Waals surface area contributed by atoms with Gasteiger partial charge in [0.25, 0.3) is 0 Å². The minimum absolute atomic E-state index is 0.547. The summed E-state index contributed by atoms with van der Waals surface area (Å²) in [6.07, 6.45) is 9.65. The predicted molar refractivity (Wildman–Crippen MR) is 109 cm³/mol. The first-order valence-electron chi connectivity index (χ1n) is 9.66. The van der Waals surface area contributed by atoms with Crippen molar-refractivity contribution in [1.29, 1.82) is 0 Å². The standard InChI is InChI=1S/C24H32O/c1-4-19-25-24-17-15-23(16-18-24)22-13-11-21(12-14-22)10-8-6-7-9-20(3)5-2/h4,11-18,20H,1,5-10,19H2,2-3H3. The van der Waals surface area contributed by atoms with E-state index in [9.17, 15) is 0 Å². The molecule has 0 aliphatic carbocycles. The summed E-state index contributed by atoms with van der Waals surface area (Å²) in [6.45, 7) is 8.86. The number of ether oxygens (including phenoxy) is 1. The van der Waals surface area contributed by atoms with Gasteiger partial charge in [0.15, 0.2) is 0 Å². The quantitative estimate of drug-likeness (QED) is 0.315. The molecular weight excluding hydrogens is 304 g/mol. The van der Waals surface area contributed by atoms with Crippen LogP contribution in [0, 0.1) is 5.92 Å². The lowest BCUT2D eigenvalue weighted by atomic mass is 9.98. The largest absolute Gasteiger partial charge is 0.490 e. The fourth-order valence-electron chi connectivity index (χ4n) is 2.97. The van der Waals surface area contributed by atoms with E-state index in [1.54, 1.807) is 6.08 Å². The van der Waals surface area contributed by atoms with Crippen LogP contribution in [0.15, 0.2) is 61.2 Å². The van der Waals surface area contributed by atoms with E-state index in [1.807, 2.05) is 12.1 Å². The highest BCUT2D eigenvalue weighted by molar-refractivity contribution is 5.64. The van der Waals surface area contributed by atoms with Crippen LogP contribution in [0.1, 0.15) is 51.5 Å². The van der Waals surface area contributed by atoms with E-state index in [0.29, 0.717) is 6.61 Å². The van der Waals surface area contributed by atoms with Gasteiger partial charge < -0.3 is 4.74 Å². The summed E-state index contributed by atoms with van der Waals surface area (Å²) in [5.74, 6) is 1.77. The number of unbranched alkanes of at least 4 members (excludes halogenated alkanes) is 2. The van der Waals surface area contributed by atoms with Crippen LogP contribution in [0.5, 0.6) is 5.75 Å². The van der Waals surface area contributed by atoms with Crippen LogP contribution in [0.3, 0.4) is 0 Å². The summed E-state index contributed by atoms with van der Waals surface area (Å²) in [7, 11) is 0. The molecule has 1 unspecified atom stereocenters. The van der Waals surface area contributed by atoms with Crippen molar-refractivity contribution in [1.82, 2.24) is 0 Å². The van der Waals surface area contributed by atoms with E-state index in [2.05, 4.69) is 56.8 Å². The smallest absolute Gasteiger partial charge is 0.119 e. The molecule has 134 valence electrons. The third kappa shape index (κ3) is 6.78. The molecule has 1 atom stereocenters. The lowest BCUT2D eigenvalue weighted by Gasteiger charge is -2.08. The second-order valence-corrected chi connectivity index (χ2v) is 6.93. The molecule has 0 aliphatic rings. The fourth-order valence-corrected chi connectivity index (χ4v) is 2.97. The molecule has 0 aliphatic heterocycles. The molecule has 0 N–H and O–H groups in total. The Morgan fingerprint density at radius 1 is 0.920 bits per heavy atom. The Balaban J connectivity index is 1.80. The highest BCUT2D eigenvalue weighted by Crippen LogP contribution is 2.23. The summed E-state index contributed by atoms with van der Waals surface area (Å²) in [6, 6.07) is 17.3. The van der Waals surface area contributed by atoms with Gasteiger partial charge in [-0.2, -0.15) is 0 Å². The highest BCUT2D eigenvalue weighted by atomic mass is 16.5. The molecule has 2 aromatic rings. The van der Waals surface area contributed by atoms with Crippen molar-refractivity contribution in [3.63, 3.8) is 0 Å². The number of rotatable bonds is 11. The zero-order chi connectivity index (χ0) is 17.9. The van der Waals surface area contributed by atoms with E-state index in [-0.39, 0.29) is 0 Å². The molecule has 0 bridgehead atoms. The summed E-state index contributed by atoms with van der Waals surface area (Å²) in [5, 5.41) is 0. The minimum Gasteiger partial charge on any atom is -0.490 e. The number of benzene rings is 2. The SMILES string of the molecule is C=CCOc1ccc(-c2ccc(CCCCCC(C)CC)cc2)cc1. The Labute approximate surface area is 153 Å². The minimum atomic E-state index is 0.547. The van der Waals surface area contributed by atoms with Crippen molar-refractivity contribution in [2.45, 2.75) is 52.4 Å². The average molecular weight is 337 g/mol. The molecule has 0 amide bonds. The fraction of sp³-hybridized carbons (Fsp3) is 0.417. The normalized spacial score (nSPS) is 11.9. The summed E-state index contributed by atoms with van der Waals surface area (Å²) in [5.41, 5.74) is 3.93. The Morgan fingerprint density at radius 2 is 1.56 bits per heavy atom. The number of hydrogen-bond acceptors (Lipinski definition) is 1. The van der Waals surface area contributed by atoms with Gasteiger partial charge in [-0.3, -0.25) is 0 Å². The summed E-state index contributed by atoms with van der Waals surface area (Å²) < 4.78 is 5.53. The van der Waals surface area contributed by atoms with Gasteiger partial charge in [0.05, 0.1) is 0 Å². The summed E-state index contributed by atoms with van der Waals surface area (Å²) >= 11 is 0. The van der Waals surface area contributed by atoms with E-state index in [1.165, 1.54) is 55.2 Å². The zero-order valence-electron chi connectivity index (χ0n) is 15.8. The Hall–Kier alpha value is -2.02.